The molecule has 0 amide bonds. The van der Waals surface area contributed by atoms with Crippen LogP contribution in [0.3, 0.4) is 0 Å². The van der Waals surface area contributed by atoms with Gasteiger partial charge in [-0.2, -0.15) is 4.37 Å². The Balaban J connectivity index is 1.64. The standard InChI is InChI=1S/C11H19N3S2/c1-3-10-13-11(16-14-10)15-7-8(2)6-12-9-4-5-9/h8-9,12H,3-7H2,1-2H3. The van der Waals surface area contributed by atoms with E-state index in [9.17, 15) is 0 Å². The van der Waals surface area contributed by atoms with Gasteiger partial charge in [-0.15, -0.1) is 0 Å². The number of aryl methyl sites for hydroxylation is 1. The summed E-state index contributed by atoms with van der Waals surface area (Å²) in [5.41, 5.74) is 0. The molecule has 1 aliphatic carbocycles. The highest BCUT2D eigenvalue weighted by atomic mass is 32.2. The van der Waals surface area contributed by atoms with Crippen LogP contribution in [0.4, 0.5) is 0 Å². The summed E-state index contributed by atoms with van der Waals surface area (Å²) < 4.78 is 5.41. The number of nitrogens with one attached hydrogen (secondary N) is 1. The zero-order valence-electron chi connectivity index (χ0n) is 9.90. The van der Waals surface area contributed by atoms with E-state index in [-0.39, 0.29) is 0 Å². The average molecular weight is 257 g/mol. The number of thioether (sulfide) groups is 1. The maximum Gasteiger partial charge on any atom is 0.170 e. The second kappa shape index (κ2) is 5.98. The molecule has 1 heterocycles. The van der Waals surface area contributed by atoms with Crippen molar-refractivity contribution in [3.8, 4) is 0 Å². The Hall–Kier alpha value is -0.130. The molecule has 0 saturated heterocycles. The first-order chi connectivity index (χ1) is 7.78. The molecule has 1 atom stereocenters. The Morgan fingerprint density at radius 2 is 2.38 bits per heavy atom. The van der Waals surface area contributed by atoms with Crippen LogP contribution in [0.25, 0.3) is 0 Å². The Morgan fingerprint density at radius 1 is 1.56 bits per heavy atom. The van der Waals surface area contributed by atoms with E-state index in [1.807, 2.05) is 11.8 Å². The molecule has 1 saturated carbocycles. The molecule has 0 bridgehead atoms. The van der Waals surface area contributed by atoms with Crippen LogP contribution >= 0.6 is 23.3 Å². The molecule has 2 rings (SSSR count). The lowest BCUT2D eigenvalue weighted by Gasteiger charge is -2.10. The molecule has 16 heavy (non-hydrogen) atoms. The van der Waals surface area contributed by atoms with Crippen molar-refractivity contribution in [3.05, 3.63) is 5.82 Å². The van der Waals surface area contributed by atoms with Gasteiger partial charge in [0.15, 0.2) is 4.34 Å². The first kappa shape index (κ1) is 12.3. The topological polar surface area (TPSA) is 37.8 Å². The summed E-state index contributed by atoms with van der Waals surface area (Å²) in [5, 5.41) is 3.56. The number of hydrogen-bond acceptors (Lipinski definition) is 5. The smallest absolute Gasteiger partial charge is 0.170 e. The van der Waals surface area contributed by atoms with E-state index in [4.69, 9.17) is 0 Å². The molecule has 0 aliphatic heterocycles. The molecule has 1 aliphatic rings. The van der Waals surface area contributed by atoms with Gasteiger partial charge in [0.2, 0.25) is 0 Å². The second-order valence-corrected chi connectivity index (χ2v) is 6.45. The van der Waals surface area contributed by atoms with Crippen LogP contribution in [0.15, 0.2) is 4.34 Å². The van der Waals surface area contributed by atoms with E-state index in [2.05, 4.69) is 28.5 Å². The van der Waals surface area contributed by atoms with Crippen LogP contribution < -0.4 is 5.32 Å². The minimum Gasteiger partial charge on any atom is -0.314 e. The van der Waals surface area contributed by atoms with Crippen molar-refractivity contribution in [2.75, 3.05) is 12.3 Å². The largest absolute Gasteiger partial charge is 0.314 e. The van der Waals surface area contributed by atoms with E-state index >= 15 is 0 Å². The third kappa shape index (κ3) is 4.03. The molecule has 1 aromatic heterocycles. The predicted molar refractivity (Wildman–Crippen MR) is 70.2 cm³/mol. The number of rotatable bonds is 7. The molecule has 1 aromatic rings. The van der Waals surface area contributed by atoms with E-state index in [1.165, 1.54) is 24.4 Å². The fourth-order valence-electron chi connectivity index (χ4n) is 1.37. The van der Waals surface area contributed by atoms with Gasteiger partial charge in [-0.1, -0.05) is 25.6 Å². The van der Waals surface area contributed by atoms with Crippen molar-refractivity contribution in [2.24, 2.45) is 5.92 Å². The van der Waals surface area contributed by atoms with Crippen LogP contribution in [-0.4, -0.2) is 27.7 Å². The number of nitrogens with zero attached hydrogens (tertiary/aromatic N) is 2. The van der Waals surface area contributed by atoms with Crippen molar-refractivity contribution < 1.29 is 0 Å². The van der Waals surface area contributed by atoms with Crippen molar-refractivity contribution in [1.29, 1.82) is 0 Å². The summed E-state index contributed by atoms with van der Waals surface area (Å²) >= 11 is 3.38. The van der Waals surface area contributed by atoms with Crippen LogP contribution in [0.5, 0.6) is 0 Å². The Bertz CT molecular complexity index is 323. The minimum absolute atomic E-state index is 0.708. The van der Waals surface area contributed by atoms with Gasteiger partial charge in [-0.05, 0) is 36.8 Å². The van der Waals surface area contributed by atoms with E-state index in [1.54, 1.807) is 0 Å². The zero-order valence-corrected chi connectivity index (χ0v) is 11.5. The predicted octanol–water partition coefficient (Wildman–Crippen LogP) is 2.58. The molecule has 3 nitrogen and oxygen atoms in total. The number of hydrogen-bond donors (Lipinski definition) is 1. The van der Waals surface area contributed by atoms with E-state index in [0.717, 1.165) is 34.9 Å². The molecule has 0 spiro atoms. The summed E-state index contributed by atoms with van der Waals surface area (Å²) in [5.74, 6) is 2.83. The van der Waals surface area contributed by atoms with Gasteiger partial charge in [-0.3, -0.25) is 0 Å². The van der Waals surface area contributed by atoms with Gasteiger partial charge >= 0.3 is 0 Å². The molecule has 1 fully saturated rings. The highest BCUT2D eigenvalue weighted by molar-refractivity contribution is 8.00. The van der Waals surface area contributed by atoms with E-state index < -0.39 is 0 Å². The lowest BCUT2D eigenvalue weighted by Crippen LogP contribution is -2.24. The van der Waals surface area contributed by atoms with Crippen LogP contribution in [0.2, 0.25) is 0 Å². The lowest BCUT2D eigenvalue weighted by molar-refractivity contribution is 0.556. The summed E-state index contributed by atoms with van der Waals surface area (Å²) in [6.45, 7) is 5.53. The highest BCUT2D eigenvalue weighted by Gasteiger charge is 2.20. The SMILES string of the molecule is CCc1nsc(SCC(C)CNC2CC2)n1. The third-order valence-electron chi connectivity index (χ3n) is 2.59. The summed E-state index contributed by atoms with van der Waals surface area (Å²) in [7, 11) is 0. The maximum atomic E-state index is 4.46. The summed E-state index contributed by atoms with van der Waals surface area (Å²) in [6.07, 6.45) is 3.68. The first-order valence-electron chi connectivity index (χ1n) is 5.96. The van der Waals surface area contributed by atoms with Crippen molar-refractivity contribution in [2.45, 2.75) is 43.5 Å². The molecule has 1 N–H and O–H groups in total. The van der Waals surface area contributed by atoms with Gasteiger partial charge in [-0.25, -0.2) is 4.98 Å². The zero-order chi connectivity index (χ0) is 11.4. The molecule has 0 aromatic carbocycles. The van der Waals surface area contributed by atoms with Gasteiger partial charge < -0.3 is 5.32 Å². The van der Waals surface area contributed by atoms with Crippen molar-refractivity contribution in [3.63, 3.8) is 0 Å². The molecular weight excluding hydrogens is 238 g/mol. The average Bonchev–Trinajstić information content (AvgIpc) is 3.01. The van der Waals surface area contributed by atoms with Crippen molar-refractivity contribution >= 4 is 23.3 Å². The first-order valence-corrected chi connectivity index (χ1v) is 7.72. The summed E-state index contributed by atoms with van der Waals surface area (Å²) in [4.78, 5) is 4.46. The fourth-order valence-corrected chi connectivity index (χ4v) is 3.11. The second-order valence-electron chi connectivity index (χ2n) is 4.43. The Morgan fingerprint density at radius 3 is 3.00 bits per heavy atom. The number of aromatic nitrogens is 2. The molecular formula is C11H19N3S2. The van der Waals surface area contributed by atoms with Crippen LogP contribution in [0.1, 0.15) is 32.5 Å². The Kier molecular flexibility index (Phi) is 4.61. The van der Waals surface area contributed by atoms with Crippen LogP contribution in [-0.2, 0) is 6.42 Å². The van der Waals surface area contributed by atoms with Crippen LogP contribution in [0, 0.1) is 5.92 Å². The molecule has 0 radical (unpaired) electrons. The van der Waals surface area contributed by atoms with Gasteiger partial charge in [0, 0.05) is 18.2 Å². The molecule has 1 unspecified atom stereocenters. The molecule has 5 heteroatoms. The minimum atomic E-state index is 0.708. The maximum absolute atomic E-state index is 4.46. The fraction of sp³-hybridized carbons (Fsp3) is 0.818. The van der Waals surface area contributed by atoms with Crippen molar-refractivity contribution in [1.82, 2.24) is 14.7 Å². The van der Waals surface area contributed by atoms with Gasteiger partial charge in [0.1, 0.15) is 5.82 Å². The third-order valence-corrected chi connectivity index (χ3v) is 4.79. The quantitative estimate of drug-likeness (QED) is 0.762. The van der Waals surface area contributed by atoms with Gasteiger partial charge in [0.05, 0.1) is 0 Å². The summed E-state index contributed by atoms with van der Waals surface area (Å²) in [6, 6.07) is 0.820. The highest BCUT2D eigenvalue weighted by Crippen LogP contribution is 2.23. The Labute approximate surface area is 106 Å². The lowest BCUT2D eigenvalue weighted by atomic mass is 10.2. The van der Waals surface area contributed by atoms with E-state index in [0.29, 0.717) is 5.92 Å². The normalized spacial score (nSPS) is 17.6. The monoisotopic (exact) mass is 257 g/mol. The van der Waals surface area contributed by atoms with Gasteiger partial charge in [0.25, 0.3) is 0 Å². The molecule has 90 valence electrons.